The Hall–Kier alpha value is -1.81. The molecule has 0 saturated carbocycles. The third-order valence-corrected chi connectivity index (χ3v) is 3.65. The van der Waals surface area contributed by atoms with E-state index >= 15 is 0 Å². The molecule has 2 aromatic rings. The molecule has 4 nitrogen and oxygen atoms in total. The Labute approximate surface area is 137 Å². The van der Waals surface area contributed by atoms with E-state index in [4.69, 9.17) is 11.6 Å². The Balaban J connectivity index is 1.99. The van der Waals surface area contributed by atoms with Gasteiger partial charge in [-0.05, 0) is 30.9 Å². The summed E-state index contributed by atoms with van der Waals surface area (Å²) >= 11 is 6.17. The lowest BCUT2D eigenvalue weighted by atomic mass is 10.1. The number of benzene rings is 1. The van der Waals surface area contributed by atoms with E-state index < -0.39 is 0 Å². The van der Waals surface area contributed by atoms with Gasteiger partial charge in [-0.2, -0.15) is 4.98 Å². The van der Waals surface area contributed by atoms with Crippen molar-refractivity contribution in [3.63, 3.8) is 0 Å². The molecule has 0 amide bonds. The second kappa shape index (κ2) is 7.99. The molecule has 1 aromatic heterocycles. The lowest BCUT2D eigenvalue weighted by molar-refractivity contribution is 0.606. The van der Waals surface area contributed by atoms with Crippen molar-refractivity contribution in [2.24, 2.45) is 5.92 Å². The number of hydrogen-bond acceptors (Lipinski definition) is 4. The zero-order valence-electron chi connectivity index (χ0n) is 13.4. The maximum absolute atomic E-state index is 6.17. The first kappa shape index (κ1) is 16.6. The zero-order valence-corrected chi connectivity index (χ0v) is 14.1. The van der Waals surface area contributed by atoms with Crippen molar-refractivity contribution >= 4 is 23.4 Å². The first-order valence-corrected chi connectivity index (χ1v) is 7.99. The van der Waals surface area contributed by atoms with Gasteiger partial charge in [-0.15, -0.1) is 0 Å². The maximum Gasteiger partial charge on any atom is 0.224 e. The molecule has 0 saturated heterocycles. The summed E-state index contributed by atoms with van der Waals surface area (Å²) in [5.74, 6) is 2.14. The van der Waals surface area contributed by atoms with Crippen LogP contribution in [0.1, 0.15) is 31.5 Å². The Bertz CT molecular complexity index is 613. The summed E-state index contributed by atoms with van der Waals surface area (Å²) in [4.78, 5) is 8.91. The van der Waals surface area contributed by atoms with E-state index in [2.05, 4.69) is 34.4 Å². The van der Waals surface area contributed by atoms with Crippen molar-refractivity contribution in [2.75, 3.05) is 17.2 Å². The van der Waals surface area contributed by atoms with Gasteiger partial charge in [0.15, 0.2) is 0 Å². The molecular formula is C17H23ClN4. The predicted octanol–water partition coefficient (Wildman–Crippen LogP) is 4.51. The van der Waals surface area contributed by atoms with Gasteiger partial charge in [-0.3, -0.25) is 0 Å². The largest absolute Gasteiger partial charge is 0.366 e. The highest BCUT2D eigenvalue weighted by molar-refractivity contribution is 6.31. The van der Waals surface area contributed by atoms with E-state index in [-0.39, 0.29) is 0 Å². The van der Waals surface area contributed by atoms with Crippen LogP contribution in [0.2, 0.25) is 5.02 Å². The Morgan fingerprint density at radius 1 is 1.14 bits per heavy atom. The number of halogens is 1. The lowest BCUT2D eigenvalue weighted by Gasteiger charge is -2.11. The molecule has 0 aliphatic heterocycles. The first-order valence-electron chi connectivity index (χ1n) is 7.61. The van der Waals surface area contributed by atoms with Crippen LogP contribution in [0.4, 0.5) is 11.8 Å². The molecule has 0 spiro atoms. The second-order valence-electron chi connectivity index (χ2n) is 5.77. The Kier molecular flexibility index (Phi) is 6.01. The summed E-state index contributed by atoms with van der Waals surface area (Å²) in [6.07, 6.45) is 1.10. The molecule has 5 heteroatoms. The lowest BCUT2D eigenvalue weighted by Crippen LogP contribution is -2.10. The van der Waals surface area contributed by atoms with Crippen molar-refractivity contribution in [2.45, 2.75) is 33.7 Å². The van der Waals surface area contributed by atoms with Crippen molar-refractivity contribution in [1.82, 2.24) is 9.97 Å². The summed E-state index contributed by atoms with van der Waals surface area (Å²) in [5, 5.41) is 7.35. The number of aryl methyl sites for hydroxylation is 1. The van der Waals surface area contributed by atoms with E-state index in [1.807, 2.05) is 37.3 Å². The normalized spacial score (nSPS) is 10.8. The Morgan fingerprint density at radius 3 is 2.64 bits per heavy atom. The molecule has 2 N–H and O–H groups in total. The Morgan fingerprint density at radius 2 is 1.91 bits per heavy atom. The molecule has 118 valence electrons. The molecule has 1 heterocycles. The van der Waals surface area contributed by atoms with Gasteiger partial charge >= 0.3 is 0 Å². The van der Waals surface area contributed by atoms with Gasteiger partial charge < -0.3 is 10.6 Å². The summed E-state index contributed by atoms with van der Waals surface area (Å²) in [5.41, 5.74) is 1.98. The molecule has 0 aliphatic rings. The minimum Gasteiger partial charge on any atom is -0.366 e. The van der Waals surface area contributed by atoms with Crippen molar-refractivity contribution < 1.29 is 0 Å². The van der Waals surface area contributed by atoms with Crippen LogP contribution >= 0.6 is 11.6 Å². The van der Waals surface area contributed by atoms with Gasteiger partial charge in [-0.1, -0.05) is 43.6 Å². The minimum atomic E-state index is 0.640. The van der Waals surface area contributed by atoms with Crippen molar-refractivity contribution in [1.29, 1.82) is 0 Å². The van der Waals surface area contributed by atoms with Gasteiger partial charge in [0, 0.05) is 29.9 Å². The van der Waals surface area contributed by atoms with E-state index in [1.165, 1.54) is 0 Å². The van der Waals surface area contributed by atoms with Crippen molar-refractivity contribution in [3.05, 3.63) is 46.6 Å². The number of nitrogens with one attached hydrogen (secondary N) is 2. The monoisotopic (exact) mass is 318 g/mol. The number of nitrogens with zero attached hydrogens (tertiary/aromatic N) is 2. The van der Waals surface area contributed by atoms with Crippen LogP contribution in [0.25, 0.3) is 0 Å². The predicted molar refractivity (Wildman–Crippen MR) is 93.5 cm³/mol. The smallest absolute Gasteiger partial charge is 0.224 e. The molecule has 22 heavy (non-hydrogen) atoms. The average molecular weight is 319 g/mol. The highest BCUT2D eigenvalue weighted by Gasteiger charge is 2.04. The van der Waals surface area contributed by atoms with Gasteiger partial charge in [0.1, 0.15) is 5.82 Å². The molecule has 0 aliphatic carbocycles. The second-order valence-corrected chi connectivity index (χ2v) is 6.18. The average Bonchev–Trinajstić information content (AvgIpc) is 2.45. The molecule has 2 rings (SSSR count). The van der Waals surface area contributed by atoms with E-state index in [0.29, 0.717) is 18.4 Å². The van der Waals surface area contributed by atoms with Gasteiger partial charge in [0.2, 0.25) is 5.95 Å². The highest BCUT2D eigenvalue weighted by Crippen LogP contribution is 2.17. The standard InChI is InChI=1S/C17H23ClN4/c1-12(2)8-9-19-17-21-13(3)10-16(22-17)20-11-14-6-4-5-7-15(14)18/h4-7,10,12H,8-9,11H2,1-3H3,(H2,19,20,21,22). The number of hydrogen-bond donors (Lipinski definition) is 2. The fourth-order valence-corrected chi connectivity index (χ4v) is 2.24. The molecule has 0 atom stereocenters. The molecule has 1 aromatic carbocycles. The number of aromatic nitrogens is 2. The molecule has 0 bridgehead atoms. The quantitative estimate of drug-likeness (QED) is 0.788. The van der Waals surface area contributed by atoms with E-state index in [9.17, 15) is 0 Å². The van der Waals surface area contributed by atoms with Crippen LogP contribution < -0.4 is 10.6 Å². The number of anilines is 2. The minimum absolute atomic E-state index is 0.640. The zero-order chi connectivity index (χ0) is 15.9. The van der Waals surface area contributed by atoms with Gasteiger partial charge in [0.05, 0.1) is 0 Å². The van der Waals surface area contributed by atoms with Crippen LogP contribution in [0.15, 0.2) is 30.3 Å². The van der Waals surface area contributed by atoms with Crippen molar-refractivity contribution in [3.8, 4) is 0 Å². The topological polar surface area (TPSA) is 49.8 Å². The van der Waals surface area contributed by atoms with Crippen LogP contribution in [-0.2, 0) is 6.54 Å². The molecule has 0 fully saturated rings. The number of rotatable bonds is 7. The van der Waals surface area contributed by atoms with Crippen LogP contribution in [0.3, 0.4) is 0 Å². The van der Waals surface area contributed by atoms with Crippen LogP contribution in [0.5, 0.6) is 0 Å². The first-order chi connectivity index (χ1) is 10.5. The van der Waals surface area contributed by atoms with Gasteiger partial charge in [-0.25, -0.2) is 4.98 Å². The molecular weight excluding hydrogens is 296 g/mol. The fraction of sp³-hybridized carbons (Fsp3) is 0.412. The van der Waals surface area contributed by atoms with Crippen LogP contribution in [0, 0.1) is 12.8 Å². The highest BCUT2D eigenvalue weighted by atomic mass is 35.5. The SMILES string of the molecule is Cc1cc(NCc2ccccc2Cl)nc(NCCC(C)C)n1. The maximum atomic E-state index is 6.17. The van der Waals surface area contributed by atoms with E-state index in [1.54, 1.807) is 0 Å². The summed E-state index contributed by atoms with van der Waals surface area (Å²) in [6.45, 7) is 7.90. The van der Waals surface area contributed by atoms with E-state index in [0.717, 1.165) is 35.1 Å². The fourth-order valence-electron chi connectivity index (χ4n) is 2.04. The molecule has 0 radical (unpaired) electrons. The van der Waals surface area contributed by atoms with Crippen LogP contribution in [-0.4, -0.2) is 16.5 Å². The third kappa shape index (κ3) is 5.19. The van der Waals surface area contributed by atoms with Gasteiger partial charge in [0.25, 0.3) is 0 Å². The molecule has 0 unspecified atom stereocenters. The summed E-state index contributed by atoms with van der Waals surface area (Å²) < 4.78 is 0. The third-order valence-electron chi connectivity index (χ3n) is 3.28. The summed E-state index contributed by atoms with van der Waals surface area (Å²) in [6, 6.07) is 9.74. The summed E-state index contributed by atoms with van der Waals surface area (Å²) in [7, 11) is 0.